The van der Waals surface area contributed by atoms with E-state index in [4.69, 9.17) is 4.74 Å². The summed E-state index contributed by atoms with van der Waals surface area (Å²) in [6.45, 7) is 2.39. The lowest BCUT2D eigenvalue weighted by Crippen LogP contribution is -2.30. The van der Waals surface area contributed by atoms with Crippen LogP contribution in [-0.2, 0) is 22.4 Å². The first-order chi connectivity index (χ1) is 14.6. The van der Waals surface area contributed by atoms with Crippen LogP contribution in [0.4, 0.5) is 10.7 Å². The predicted octanol–water partition coefficient (Wildman–Crippen LogP) is 4.42. The van der Waals surface area contributed by atoms with E-state index in [0.29, 0.717) is 29.3 Å². The van der Waals surface area contributed by atoms with Crippen LogP contribution in [0.15, 0.2) is 24.3 Å². The highest BCUT2D eigenvalue weighted by Gasteiger charge is 2.24. The number of hydrogen-bond acceptors (Lipinski definition) is 5. The number of nitrogens with zero attached hydrogens (tertiary/aromatic N) is 2. The molecule has 1 aromatic carbocycles. The van der Waals surface area contributed by atoms with Crippen molar-refractivity contribution >= 4 is 33.8 Å². The zero-order valence-corrected chi connectivity index (χ0v) is 17.9. The van der Waals surface area contributed by atoms with Crippen LogP contribution in [0.3, 0.4) is 0 Å². The number of nitrogens with one attached hydrogen (secondary N) is 1. The Kier molecular flexibility index (Phi) is 6.05. The summed E-state index contributed by atoms with van der Waals surface area (Å²) in [6.07, 6.45) is 5.95. The van der Waals surface area contributed by atoms with Gasteiger partial charge in [0.15, 0.2) is 6.10 Å². The molecule has 156 valence electrons. The summed E-state index contributed by atoms with van der Waals surface area (Å²) in [7, 11) is 0. The molecule has 2 amide bonds. The zero-order valence-electron chi connectivity index (χ0n) is 17.1. The minimum Gasteiger partial charge on any atom is -0.481 e. The van der Waals surface area contributed by atoms with E-state index in [2.05, 4.69) is 11.4 Å². The molecule has 30 heavy (non-hydrogen) atoms. The van der Waals surface area contributed by atoms with Gasteiger partial charge in [-0.15, -0.1) is 11.3 Å². The van der Waals surface area contributed by atoms with E-state index >= 15 is 0 Å². The number of carbonyl (C=O) groups is 2. The van der Waals surface area contributed by atoms with Gasteiger partial charge in [0.2, 0.25) is 5.91 Å². The number of thiophene rings is 1. The van der Waals surface area contributed by atoms with E-state index < -0.39 is 6.10 Å². The topological polar surface area (TPSA) is 82.4 Å². The third-order valence-corrected chi connectivity index (χ3v) is 6.86. The lowest BCUT2D eigenvalue weighted by molar-refractivity contribution is -0.122. The number of ether oxygens (including phenoxy) is 1. The fourth-order valence-corrected chi connectivity index (χ4v) is 5.31. The molecule has 0 bridgehead atoms. The summed E-state index contributed by atoms with van der Waals surface area (Å²) in [5.41, 5.74) is 2.50. The quantitative estimate of drug-likeness (QED) is 0.722. The molecule has 4 rings (SSSR count). The molecular weight excluding hydrogens is 398 g/mol. The molecule has 1 saturated heterocycles. The average molecular weight is 424 g/mol. The molecule has 2 aliphatic rings. The molecule has 1 atom stereocenters. The number of rotatable bonds is 5. The van der Waals surface area contributed by atoms with Crippen LogP contribution < -0.4 is 15.0 Å². The van der Waals surface area contributed by atoms with E-state index in [0.717, 1.165) is 43.4 Å². The SMILES string of the molecule is CC(Oc1cccc(N2CCCC2=O)c1)C(=O)Nc1sc2c(c1C#N)CCCCC2. The summed E-state index contributed by atoms with van der Waals surface area (Å²) < 4.78 is 5.85. The second-order valence-electron chi connectivity index (χ2n) is 7.78. The van der Waals surface area contributed by atoms with Gasteiger partial charge >= 0.3 is 0 Å². The molecular formula is C23H25N3O3S. The summed E-state index contributed by atoms with van der Waals surface area (Å²) in [5, 5.41) is 13.2. The monoisotopic (exact) mass is 423 g/mol. The molecule has 1 aromatic heterocycles. The Morgan fingerprint density at radius 1 is 1.23 bits per heavy atom. The van der Waals surface area contributed by atoms with Crippen molar-refractivity contribution in [2.24, 2.45) is 0 Å². The number of hydrogen-bond donors (Lipinski definition) is 1. The van der Waals surface area contributed by atoms with Gasteiger partial charge in [-0.25, -0.2) is 0 Å². The molecule has 6 nitrogen and oxygen atoms in total. The van der Waals surface area contributed by atoms with Crippen LogP contribution in [0, 0.1) is 11.3 Å². The fourth-order valence-electron chi connectivity index (χ4n) is 4.07. The molecule has 0 radical (unpaired) electrons. The fraction of sp³-hybridized carbons (Fsp3) is 0.435. The van der Waals surface area contributed by atoms with E-state index in [-0.39, 0.29) is 11.8 Å². The van der Waals surface area contributed by atoms with Crippen molar-refractivity contribution in [3.05, 3.63) is 40.3 Å². The van der Waals surface area contributed by atoms with Gasteiger partial charge in [-0.1, -0.05) is 12.5 Å². The number of fused-ring (bicyclic) bond motifs is 1. The average Bonchev–Trinajstić information content (AvgIpc) is 3.23. The number of aryl methyl sites for hydroxylation is 1. The second-order valence-corrected chi connectivity index (χ2v) is 8.88. The Morgan fingerprint density at radius 2 is 2.07 bits per heavy atom. The first-order valence-electron chi connectivity index (χ1n) is 10.5. The molecule has 0 saturated carbocycles. The molecule has 1 N–H and O–H groups in total. The van der Waals surface area contributed by atoms with Crippen LogP contribution in [0.1, 0.15) is 55.0 Å². The first kappa shape index (κ1) is 20.4. The van der Waals surface area contributed by atoms with E-state index in [9.17, 15) is 14.9 Å². The van der Waals surface area contributed by atoms with E-state index in [1.54, 1.807) is 24.0 Å². The highest BCUT2D eigenvalue weighted by Crippen LogP contribution is 2.37. The van der Waals surface area contributed by atoms with Crippen molar-refractivity contribution < 1.29 is 14.3 Å². The van der Waals surface area contributed by atoms with Gasteiger partial charge in [0.1, 0.15) is 16.8 Å². The number of amides is 2. The Bertz CT molecular complexity index is 1010. The van der Waals surface area contributed by atoms with Crippen molar-refractivity contribution in [1.29, 1.82) is 5.26 Å². The predicted molar refractivity (Wildman–Crippen MR) is 117 cm³/mol. The maximum absolute atomic E-state index is 12.8. The summed E-state index contributed by atoms with van der Waals surface area (Å²) >= 11 is 1.52. The van der Waals surface area contributed by atoms with Crippen LogP contribution in [0.5, 0.6) is 5.75 Å². The first-order valence-corrected chi connectivity index (χ1v) is 11.3. The highest BCUT2D eigenvalue weighted by molar-refractivity contribution is 7.16. The minimum atomic E-state index is -0.733. The van der Waals surface area contributed by atoms with Gasteiger partial charge < -0.3 is 15.0 Å². The molecule has 1 aliphatic carbocycles. The van der Waals surface area contributed by atoms with Crippen molar-refractivity contribution in [3.63, 3.8) is 0 Å². The van der Waals surface area contributed by atoms with Crippen molar-refractivity contribution in [2.45, 2.75) is 58.0 Å². The smallest absolute Gasteiger partial charge is 0.265 e. The lowest BCUT2D eigenvalue weighted by atomic mass is 10.1. The standard InChI is InChI=1S/C23H25N3O3S/c1-15(29-17-8-5-7-16(13-17)26-12-6-11-21(26)27)22(28)25-23-19(14-24)18-9-3-2-4-10-20(18)30-23/h5,7-8,13,15H,2-4,6,9-12H2,1H3,(H,25,28). The minimum absolute atomic E-state index is 0.111. The van der Waals surface area contributed by atoms with E-state index in [1.807, 2.05) is 12.1 Å². The van der Waals surface area contributed by atoms with Crippen LogP contribution in [-0.4, -0.2) is 24.5 Å². The van der Waals surface area contributed by atoms with E-state index in [1.165, 1.54) is 22.6 Å². The molecule has 0 spiro atoms. The Balaban J connectivity index is 1.45. The third kappa shape index (κ3) is 4.19. The second kappa shape index (κ2) is 8.88. The normalized spacial score (nSPS) is 17.1. The summed E-state index contributed by atoms with van der Waals surface area (Å²) in [4.78, 5) is 27.7. The van der Waals surface area contributed by atoms with Gasteiger partial charge in [-0.05, 0) is 56.7 Å². The number of anilines is 2. The third-order valence-electron chi connectivity index (χ3n) is 5.65. The van der Waals surface area contributed by atoms with Crippen molar-refractivity contribution in [2.75, 3.05) is 16.8 Å². The van der Waals surface area contributed by atoms with Gasteiger partial charge in [-0.3, -0.25) is 9.59 Å². The molecule has 7 heteroatoms. The molecule has 2 heterocycles. The molecule has 1 fully saturated rings. The van der Waals surface area contributed by atoms with Gasteiger partial charge in [0.05, 0.1) is 5.56 Å². The Morgan fingerprint density at radius 3 is 2.83 bits per heavy atom. The molecule has 1 unspecified atom stereocenters. The summed E-state index contributed by atoms with van der Waals surface area (Å²) in [6, 6.07) is 9.56. The highest BCUT2D eigenvalue weighted by atomic mass is 32.1. The van der Waals surface area contributed by atoms with Crippen molar-refractivity contribution in [3.8, 4) is 11.8 Å². The largest absolute Gasteiger partial charge is 0.481 e. The Labute approximate surface area is 180 Å². The van der Waals surface area contributed by atoms with Gasteiger partial charge in [0, 0.05) is 29.6 Å². The maximum atomic E-state index is 12.8. The van der Waals surface area contributed by atoms with Crippen molar-refractivity contribution in [1.82, 2.24) is 0 Å². The van der Waals surface area contributed by atoms with Gasteiger partial charge in [-0.2, -0.15) is 5.26 Å². The van der Waals surface area contributed by atoms with Crippen LogP contribution in [0.25, 0.3) is 0 Å². The van der Waals surface area contributed by atoms with Crippen LogP contribution >= 0.6 is 11.3 Å². The number of benzene rings is 1. The Hall–Kier alpha value is -2.85. The molecule has 1 aliphatic heterocycles. The zero-order chi connectivity index (χ0) is 21.1. The number of carbonyl (C=O) groups excluding carboxylic acids is 2. The summed E-state index contributed by atoms with van der Waals surface area (Å²) in [5.74, 6) is 0.363. The van der Waals surface area contributed by atoms with Crippen LogP contribution in [0.2, 0.25) is 0 Å². The lowest BCUT2D eigenvalue weighted by Gasteiger charge is -2.18. The number of nitriles is 1. The maximum Gasteiger partial charge on any atom is 0.265 e. The van der Waals surface area contributed by atoms with Gasteiger partial charge in [0.25, 0.3) is 5.91 Å². The molecule has 2 aromatic rings.